The van der Waals surface area contributed by atoms with Gasteiger partial charge in [0.2, 0.25) is 0 Å². The van der Waals surface area contributed by atoms with Crippen LogP contribution in [0.15, 0.2) is 152 Å². The van der Waals surface area contributed by atoms with Crippen LogP contribution < -0.4 is 0 Å². The Bertz CT molecular complexity index is 3790. The lowest BCUT2D eigenvalue weighted by atomic mass is 9.89. The molecule has 10 saturated heterocycles. The number of aldehydes is 1. The van der Waals surface area contributed by atoms with Gasteiger partial charge in [-0.1, -0.05) is 181 Å². The fraction of sp³-hybridized carbons (Fsp3) is 0.670. The first-order valence-electron chi connectivity index (χ1n) is 45.5. The number of fused-ring (bicyclic) bond motifs is 6. The van der Waals surface area contributed by atoms with Crippen LogP contribution in [-0.4, -0.2) is 370 Å². The fourth-order valence-electron chi connectivity index (χ4n) is 14.3. The minimum absolute atomic E-state index is 0.0340. The molecule has 0 amide bonds. The number of halogens is 1. The highest BCUT2D eigenvalue weighted by Gasteiger charge is 2.52. The van der Waals surface area contributed by atoms with E-state index in [1.165, 1.54) is 0 Å². The molecule has 762 valence electrons. The van der Waals surface area contributed by atoms with Gasteiger partial charge in [0, 0.05) is 76.5 Å². The molecule has 10 aliphatic heterocycles. The van der Waals surface area contributed by atoms with Crippen molar-refractivity contribution >= 4 is 28.2 Å². The number of ether oxygens (including phenoxy) is 20. The second-order valence-corrected chi connectivity index (χ2v) is 38.2. The molecule has 37 nitrogen and oxygen atoms in total. The first-order chi connectivity index (χ1) is 65.2. The summed E-state index contributed by atoms with van der Waals surface area (Å²) in [6.07, 6.45) is 2.46. The quantitative estimate of drug-likeness (QED) is 0.0144. The third-order valence-electron chi connectivity index (χ3n) is 24.2. The van der Waals surface area contributed by atoms with Crippen molar-refractivity contribution in [1.82, 2.24) is 0 Å². The number of aliphatic carboxylic acids is 1. The number of benzene rings is 5. The van der Waals surface area contributed by atoms with Crippen molar-refractivity contribution in [2.45, 2.75) is 89.5 Å². The monoisotopic (exact) mass is 1980 g/mol. The van der Waals surface area contributed by atoms with Gasteiger partial charge in [-0.25, -0.2) is 0 Å². The number of hydrogen-bond donors (Lipinski definition) is 15. The predicted molar refractivity (Wildman–Crippen MR) is 486 cm³/mol. The summed E-state index contributed by atoms with van der Waals surface area (Å²) >= 11 is 3.39. The van der Waals surface area contributed by atoms with Gasteiger partial charge in [0.25, 0.3) is 11.9 Å². The number of aliphatic hydroxyl groups excluding tert-OH is 14. The van der Waals surface area contributed by atoms with Crippen LogP contribution in [0.1, 0.15) is 110 Å². The summed E-state index contributed by atoms with van der Waals surface area (Å²) < 4.78 is 117. The molecule has 15 rings (SSSR count). The Kier molecular flexibility index (Phi) is 49.3. The maximum absolute atomic E-state index is 10.4. The van der Waals surface area contributed by atoms with Gasteiger partial charge in [0.05, 0.1) is 294 Å². The molecule has 10 aliphatic rings. The summed E-state index contributed by atoms with van der Waals surface area (Å²) in [6.45, 7) is 7.36. The number of rotatable bonds is 50. The molecule has 135 heavy (non-hydrogen) atoms. The largest absolute Gasteiger partial charge is 0.481 e. The van der Waals surface area contributed by atoms with E-state index in [1.807, 2.05) is 140 Å². The van der Waals surface area contributed by atoms with Crippen LogP contribution in [0, 0.1) is 54.1 Å². The molecular weight excluding hydrogens is 1840 g/mol. The lowest BCUT2D eigenvalue weighted by molar-refractivity contribution is -0.468. The Morgan fingerprint density at radius 3 is 0.852 bits per heavy atom. The topological polar surface area (TPSA) is 522 Å². The molecule has 10 fully saturated rings. The van der Waals surface area contributed by atoms with Crippen LogP contribution in [0.2, 0.25) is 0 Å². The van der Waals surface area contributed by atoms with Crippen molar-refractivity contribution in [2.24, 2.45) is 54.1 Å². The van der Waals surface area contributed by atoms with Gasteiger partial charge < -0.3 is 171 Å². The minimum Gasteiger partial charge on any atom is -0.481 e. The lowest BCUT2D eigenvalue weighted by Gasteiger charge is -2.50. The van der Waals surface area contributed by atoms with E-state index in [0.29, 0.717) is 112 Å². The molecule has 0 aliphatic carbocycles. The zero-order valence-corrected chi connectivity index (χ0v) is 79.2. The summed E-state index contributed by atoms with van der Waals surface area (Å²) in [5.41, 5.74) is -2.53. The minimum atomic E-state index is -1.20. The second kappa shape index (κ2) is 58.1. The van der Waals surface area contributed by atoms with E-state index in [9.17, 15) is 50.4 Å². The number of alkyl halides is 1. The number of hydrogen-bond acceptors (Lipinski definition) is 36. The van der Waals surface area contributed by atoms with Gasteiger partial charge in [-0.05, 0) is 19.3 Å². The molecule has 0 radical (unpaired) electrons. The van der Waals surface area contributed by atoms with Gasteiger partial charge >= 0.3 is 5.97 Å². The Morgan fingerprint density at radius 2 is 0.585 bits per heavy atom. The average molecular weight is 1980 g/mol. The normalized spacial score (nSPS) is 27.2. The van der Waals surface area contributed by atoms with Crippen molar-refractivity contribution < 1.29 is 181 Å². The SMILES string of the molecule is CC12COC(CCCBr)(OC1)OC2.CC12COC(CCCOCC3(COCC4(CO)COC(c5ccccc5)OC4)COC(c4ccccc4)OC3)(OC1)OC2.O=C(O)CCCOCC(CO)(CO)COCC(CO)(CO)CO.O=Cc1ccccc1.OCC(CO)(CO)COCC(CO)(CO)CO.OCC1(COCC2(CO)COC(c3ccccc3)OC2)COC(c2ccccc2)OC1. The third-order valence-corrected chi connectivity index (χ3v) is 24.8. The first-order valence-corrected chi connectivity index (χ1v) is 46.6. The van der Waals surface area contributed by atoms with E-state index in [4.69, 9.17) is 130 Å². The van der Waals surface area contributed by atoms with Crippen LogP contribution in [0.5, 0.6) is 0 Å². The Balaban J connectivity index is 0.000000214. The van der Waals surface area contributed by atoms with Gasteiger partial charge in [-0.15, -0.1) is 0 Å². The molecule has 5 aromatic carbocycles. The first kappa shape index (κ1) is 115. The van der Waals surface area contributed by atoms with Gasteiger partial charge in [-0.2, -0.15) is 0 Å². The van der Waals surface area contributed by atoms with E-state index in [2.05, 4.69) is 29.8 Å². The molecule has 10 heterocycles. The van der Waals surface area contributed by atoms with Crippen molar-refractivity contribution in [3.8, 4) is 0 Å². The molecule has 15 N–H and O–H groups in total. The van der Waals surface area contributed by atoms with Crippen LogP contribution in [-0.2, 0) is 99.5 Å². The number of carbonyl (C=O) groups excluding carboxylic acids is 1. The average Bonchev–Trinajstić information content (AvgIpc) is 0.775. The highest BCUT2D eigenvalue weighted by atomic mass is 79.9. The molecule has 0 atom stereocenters. The van der Waals surface area contributed by atoms with E-state index >= 15 is 0 Å². The fourth-order valence-corrected chi connectivity index (χ4v) is 14.6. The van der Waals surface area contributed by atoms with Crippen molar-refractivity contribution in [3.63, 3.8) is 0 Å². The van der Waals surface area contributed by atoms with Crippen LogP contribution >= 0.6 is 15.9 Å². The molecule has 5 aromatic rings. The highest BCUT2D eigenvalue weighted by molar-refractivity contribution is 9.09. The van der Waals surface area contributed by atoms with E-state index in [-0.39, 0.29) is 96.5 Å². The maximum Gasteiger partial charge on any atom is 0.303 e. The van der Waals surface area contributed by atoms with Gasteiger partial charge in [0.15, 0.2) is 25.2 Å². The van der Waals surface area contributed by atoms with Crippen molar-refractivity contribution in [3.05, 3.63) is 179 Å². The summed E-state index contributed by atoms with van der Waals surface area (Å²) in [7, 11) is 0. The number of carboxylic acids is 1. The summed E-state index contributed by atoms with van der Waals surface area (Å²) in [5, 5.41) is 140. The molecular formula is C97H145BrO37. The van der Waals surface area contributed by atoms with Gasteiger partial charge in [0.1, 0.15) is 6.29 Å². The Hall–Kier alpha value is -5.64. The van der Waals surface area contributed by atoms with Crippen LogP contribution in [0.4, 0.5) is 0 Å². The van der Waals surface area contributed by atoms with Crippen molar-refractivity contribution in [2.75, 3.05) is 270 Å². The smallest absolute Gasteiger partial charge is 0.303 e. The third kappa shape index (κ3) is 35.5. The molecule has 0 spiro atoms. The molecule has 38 heteroatoms. The highest BCUT2D eigenvalue weighted by Crippen LogP contribution is 2.44. The molecule has 0 saturated carbocycles. The summed E-state index contributed by atoms with van der Waals surface area (Å²) in [6, 6.07) is 48.2. The maximum atomic E-state index is 10.4. The number of carbonyl (C=O) groups is 2. The summed E-state index contributed by atoms with van der Waals surface area (Å²) in [4.78, 5) is 20.4. The predicted octanol–water partition coefficient (Wildman–Crippen LogP) is 4.59. The van der Waals surface area contributed by atoms with Crippen LogP contribution in [0.25, 0.3) is 0 Å². The molecule has 4 bridgehead atoms. The van der Waals surface area contributed by atoms with E-state index in [1.54, 1.807) is 12.1 Å². The Labute approximate surface area is 797 Å². The Morgan fingerprint density at radius 1 is 0.333 bits per heavy atom. The van der Waals surface area contributed by atoms with Crippen LogP contribution in [0.3, 0.4) is 0 Å². The molecule has 0 unspecified atom stereocenters. The van der Waals surface area contributed by atoms with Crippen molar-refractivity contribution in [1.29, 1.82) is 0 Å². The number of aliphatic hydroxyl groups is 14. The standard InChI is InChI=1S/C33H44O10.C24H30O7.C14H28O9.C10H22O7.C9H15BrO3.C7H6O/c1-30-16-41-33(42-17-30,43-18-30)13-8-14-35-20-32(24-39-29(40-25-32)27-11-6-3-7-12-27)21-36-19-31(15-34)22-37-28(38-23-31)26-9-4-2-5-10-26;25-11-23(15-28-21(29-16-23)19-7-3-1-4-8-19)13-27-14-24(12-26)17-30-22(31-18-24)20-9-5-2-6-10-20;15-4-13(5-16,6-17)9-23-11-14(7-18,8-19)10-22-3-1-2-12(20)21;11-1-9(2-12,3-13)7-17-8-10(4-14,5-15)6-16;1-8-5-11-9(12-6-8,13-7-8)3-2-4-10;8-6-7-4-2-1-3-5-7/h2-7,9-12,28-29,34H,8,13-25H2,1H3;1-10,21-22,25-26H,11-18H2;15-19H,1-11H2,(H,20,21);11-16H,1-8H2;2-7H2,1H3;1-6H. The lowest BCUT2D eigenvalue weighted by Crippen LogP contribution is -2.58. The summed E-state index contributed by atoms with van der Waals surface area (Å²) in [5.74, 6) is -2.60. The number of carboxylic acid groups (broad SMARTS) is 1. The zero-order valence-electron chi connectivity index (χ0n) is 77.6. The van der Waals surface area contributed by atoms with Gasteiger partial charge in [-0.3, -0.25) is 9.59 Å². The zero-order chi connectivity index (χ0) is 97.5. The molecule has 0 aromatic heterocycles. The van der Waals surface area contributed by atoms with E-state index in [0.717, 1.165) is 72.1 Å². The second-order valence-electron chi connectivity index (χ2n) is 37.4. The van der Waals surface area contributed by atoms with E-state index < -0.39 is 159 Å².